The molecule has 0 aromatic rings. The van der Waals surface area contributed by atoms with E-state index in [-0.39, 0.29) is 0 Å². The Morgan fingerprint density at radius 1 is 1.12 bits per heavy atom. The Balaban J connectivity index is 2.24. The zero-order valence-corrected chi connectivity index (χ0v) is 12.2. The summed E-state index contributed by atoms with van der Waals surface area (Å²) in [6.07, 6.45) is 9.85. The van der Waals surface area contributed by atoms with Crippen molar-refractivity contribution in [2.45, 2.75) is 64.8 Å². The number of hydrogen-bond donors (Lipinski definition) is 1. The first-order valence-corrected chi connectivity index (χ1v) is 7.62. The molecule has 0 spiro atoms. The Labute approximate surface area is 108 Å². The number of hydrogen-bond acceptors (Lipinski definition) is 2. The molecule has 1 fully saturated rings. The standard InChI is InChI=1S/C15H32N2/c1-14(2)10-13-17(12-7-6-11-16-3)15-8-4-5-9-15/h14-16H,4-13H2,1-3H3. The molecule has 0 atom stereocenters. The third-order valence-corrected chi connectivity index (χ3v) is 3.96. The highest BCUT2D eigenvalue weighted by molar-refractivity contribution is 4.77. The fourth-order valence-corrected chi connectivity index (χ4v) is 2.79. The van der Waals surface area contributed by atoms with Gasteiger partial charge in [-0.05, 0) is 64.7 Å². The molecule has 0 unspecified atom stereocenters. The minimum absolute atomic E-state index is 0.844. The van der Waals surface area contributed by atoms with E-state index in [0.29, 0.717) is 0 Å². The van der Waals surface area contributed by atoms with E-state index in [4.69, 9.17) is 0 Å². The lowest BCUT2D eigenvalue weighted by Crippen LogP contribution is -2.35. The van der Waals surface area contributed by atoms with Crippen molar-refractivity contribution < 1.29 is 0 Å². The normalized spacial score (nSPS) is 17.5. The number of rotatable bonds is 9. The van der Waals surface area contributed by atoms with Gasteiger partial charge in [-0.2, -0.15) is 0 Å². The minimum Gasteiger partial charge on any atom is -0.320 e. The van der Waals surface area contributed by atoms with Crippen molar-refractivity contribution in [3.05, 3.63) is 0 Å². The Morgan fingerprint density at radius 3 is 2.41 bits per heavy atom. The summed E-state index contributed by atoms with van der Waals surface area (Å²) >= 11 is 0. The van der Waals surface area contributed by atoms with Crippen LogP contribution < -0.4 is 5.32 Å². The predicted molar refractivity (Wildman–Crippen MR) is 76.4 cm³/mol. The largest absolute Gasteiger partial charge is 0.320 e. The van der Waals surface area contributed by atoms with Crippen LogP contribution >= 0.6 is 0 Å². The summed E-state index contributed by atoms with van der Waals surface area (Å²) in [6.45, 7) is 8.49. The van der Waals surface area contributed by atoms with Crippen molar-refractivity contribution in [3.8, 4) is 0 Å². The Bertz CT molecular complexity index is 174. The van der Waals surface area contributed by atoms with E-state index in [1.165, 1.54) is 64.6 Å². The topological polar surface area (TPSA) is 15.3 Å². The summed E-state index contributed by atoms with van der Waals surface area (Å²) in [5.41, 5.74) is 0. The quantitative estimate of drug-likeness (QED) is 0.622. The lowest BCUT2D eigenvalue weighted by molar-refractivity contribution is 0.184. The summed E-state index contributed by atoms with van der Waals surface area (Å²) in [5, 5.41) is 3.24. The molecule has 1 N–H and O–H groups in total. The molecule has 102 valence electrons. The van der Waals surface area contributed by atoms with Crippen LogP contribution in [-0.4, -0.2) is 37.6 Å². The van der Waals surface area contributed by atoms with E-state index < -0.39 is 0 Å². The summed E-state index contributed by atoms with van der Waals surface area (Å²) in [4.78, 5) is 2.78. The van der Waals surface area contributed by atoms with Gasteiger partial charge in [0.1, 0.15) is 0 Å². The van der Waals surface area contributed by atoms with Crippen molar-refractivity contribution in [1.82, 2.24) is 10.2 Å². The molecule has 0 aromatic heterocycles. The fourth-order valence-electron chi connectivity index (χ4n) is 2.79. The Morgan fingerprint density at radius 2 is 1.82 bits per heavy atom. The van der Waals surface area contributed by atoms with Gasteiger partial charge in [0, 0.05) is 6.04 Å². The lowest BCUT2D eigenvalue weighted by Gasteiger charge is -2.29. The molecule has 2 heteroatoms. The maximum absolute atomic E-state index is 3.24. The first-order valence-electron chi connectivity index (χ1n) is 7.62. The second-order valence-corrected chi connectivity index (χ2v) is 5.97. The highest BCUT2D eigenvalue weighted by atomic mass is 15.2. The molecule has 0 aromatic carbocycles. The van der Waals surface area contributed by atoms with Crippen LogP contribution in [0.15, 0.2) is 0 Å². The molecule has 1 aliphatic rings. The van der Waals surface area contributed by atoms with E-state index in [1.54, 1.807) is 0 Å². The Kier molecular flexibility index (Phi) is 7.87. The second-order valence-electron chi connectivity index (χ2n) is 5.97. The van der Waals surface area contributed by atoms with Gasteiger partial charge < -0.3 is 10.2 Å². The van der Waals surface area contributed by atoms with Gasteiger partial charge in [0.05, 0.1) is 0 Å². The molecule has 0 aliphatic heterocycles. The number of unbranched alkanes of at least 4 members (excludes halogenated alkanes) is 1. The van der Waals surface area contributed by atoms with Crippen molar-refractivity contribution in [2.24, 2.45) is 5.92 Å². The highest BCUT2D eigenvalue weighted by Gasteiger charge is 2.21. The van der Waals surface area contributed by atoms with Crippen molar-refractivity contribution in [1.29, 1.82) is 0 Å². The van der Waals surface area contributed by atoms with Crippen LogP contribution in [0.4, 0.5) is 0 Å². The molecule has 17 heavy (non-hydrogen) atoms. The van der Waals surface area contributed by atoms with Crippen molar-refractivity contribution in [2.75, 3.05) is 26.7 Å². The predicted octanol–water partition coefficient (Wildman–Crippen LogP) is 3.28. The zero-order chi connectivity index (χ0) is 12.5. The van der Waals surface area contributed by atoms with E-state index >= 15 is 0 Å². The monoisotopic (exact) mass is 240 g/mol. The summed E-state index contributed by atoms with van der Waals surface area (Å²) in [5.74, 6) is 0.844. The molecule has 0 bridgehead atoms. The van der Waals surface area contributed by atoms with Gasteiger partial charge in [-0.1, -0.05) is 26.7 Å². The molecule has 0 heterocycles. The van der Waals surface area contributed by atoms with Gasteiger partial charge in [0.15, 0.2) is 0 Å². The van der Waals surface area contributed by atoms with Crippen LogP contribution in [0.2, 0.25) is 0 Å². The second kappa shape index (κ2) is 8.93. The van der Waals surface area contributed by atoms with Crippen LogP contribution in [0, 0.1) is 5.92 Å². The highest BCUT2D eigenvalue weighted by Crippen LogP contribution is 2.24. The fraction of sp³-hybridized carbons (Fsp3) is 1.00. The first-order chi connectivity index (χ1) is 8.24. The third kappa shape index (κ3) is 6.42. The summed E-state index contributed by atoms with van der Waals surface area (Å²) in [6, 6.07) is 0.906. The third-order valence-electron chi connectivity index (χ3n) is 3.96. The smallest absolute Gasteiger partial charge is 0.00952 e. The van der Waals surface area contributed by atoms with Gasteiger partial charge in [0.2, 0.25) is 0 Å². The van der Waals surface area contributed by atoms with E-state index in [0.717, 1.165) is 12.0 Å². The van der Waals surface area contributed by atoms with Gasteiger partial charge in [0.25, 0.3) is 0 Å². The molecule has 1 rings (SSSR count). The van der Waals surface area contributed by atoms with Crippen LogP contribution in [-0.2, 0) is 0 Å². The molecular weight excluding hydrogens is 208 g/mol. The molecule has 0 radical (unpaired) electrons. The van der Waals surface area contributed by atoms with E-state index in [9.17, 15) is 0 Å². The summed E-state index contributed by atoms with van der Waals surface area (Å²) < 4.78 is 0. The van der Waals surface area contributed by atoms with Gasteiger partial charge in [-0.3, -0.25) is 0 Å². The van der Waals surface area contributed by atoms with Crippen LogP contribution in [0.1, 0.15) is 58.8 Å². The zero-order valence-electron chi connectivity index (χ0n) is 12.2. The average Bonchev–Trinajstić information content (AvgIpc) is 2.81. The van der Waals surface area contributed by atoms with Crippen LogP contribution in [0.5, 0.6) is 0 Å². The molecule has 0 amide bonds. The van der Waals surface area contributed by atoms with Crippen LogP contribution in [0.3, 0.4) is 0 Å². The SMILES string of the molecule is CNCCCCN(CCC(C)C)C1CCCC1. The molecule has 1 aliphatic carbocycles. The van der Waals surface area contributed by atoms with Crippen molar-refractivity contribution in [3.63, 3.8) is 0 Å². The van der Waals surface area contributed by atoms with Crippen molar-refractivity contribution >= 4 is 0 Å². The minimum atomic E-state index is 0.844. The first kappa shape index (κ1) is 15.0. The maximum atomic E-state index is 3.24. The Hall–Kier alpha value is -0.0800. The number of nitrogens with one attached hydrogen (secondary N) is 1. The lowest BCUT2D eigenvalue weighted by atomic mass is 10.1. The maximum Gasteiger partial charge on any atom is 0.00952 e. The van der Waals surface area contributed by atoms with Gasteiger partial charge in [-0.25, -0.2) is 0 Å². The number of nitrogens with zero attached hydrogens (tertiary/aromatic N) is 1. The van der Waals surface area contributed by atoms with E-state index in [2.05, 4.69) is 24.1 Å². The molecule has 1 saturated carbocycles. The summed E-state index contributed by atoms with van der Waals surface area (Å²) in [7, 11) is 2.05. The molecule has 0 saturated heterocycles. The van der Waals surface area contributed by atoms with Gasteiger partial charge in [-0.15, -0.1) is 0 Å². The van der Waals surface area contributed by atoms with E-state index in [1.807, 2.05) is 7.05 Å². The molecule has 2 nitrogen and oxygen atoms in total. The average molecular weight is 240 g/mol. The molecular formula is C15H32N2. The van der Waals surface area contributed by atoms with Gasteiger partial charge >= 0.3 is 0 Å². The van der Waals surface area contributed by atoms with Crippen LogP contribution in [0.25, 0.3) is 0 Å².